The molecule has 8 rings (SSSR count). The van der Waals surface area contributed by atoms with Crippen LogP contribution in [-0.2, 0) is 0 Å². The molecule has 3 nitrogen and oxygen atoms in total. The van der Waals surface area contributed by atoms with Gasteiger partial charge in [0.05, 0.1) is 5.52 Å². The highest BCUT2D eigenvalue weighted by Crippen LogP contribution is 2.43. The number of hydrogen-bond acceptors (Lipinski definition) is 4. The summed E-state index contributed by atoms with van der Waals surface area (Å²) in [6, 6.07) is 22.3. The van der Waals surface area contributed by atoms with E-state index in [1.54, 1.807) is 0 Å². The molecule has 144 valence electrons. The van der Waals surface area contributed by atoms with Crippen LogP contribution < -0.4 is 0 Å². The third-order valence-electron chi connectivity index (χ3n) is 6.30. The SMILES string of the molecule is c1ccc2c(c1)sc1cc3c(cc12)sc1cc2c4cccnc4c4nccn4c2cc13. The van der Waals surface area contributed by atoms with Crippen LogP contribution in [-0.4, -0.2) is 14.4 Å². The highest BCUT2D eigenvalue weighted by molar-refractivity contribution is 7.27. The molecule has 0 saturated carbocycles. The normalized spacial score (nSPS) is 12.5. The van der Waals surface area contributed by atoms with E-state index in [2.05, 4.69) is 69.0 Å². The second-order valence-corrected chi connectivity index (χ2v) is 10.1. The second-order valence-electron chi connectivity index (χ2n) is 7.93. The lowest BCUT2D eigenvalue weighted by atomic mass is 10.0. The zero-order valence-corrected chi connectivity index (χ0v) is 17.8. The lowest BCUT2D eigenvalue weighted by Gasteiger charge is -2.08. The van der Waals surface area contributed by atoms with Gasteiger partial charge in [-0.25, -0.2) is 4.98 Å². The van der Waals surface area contributed by atoms with Gasteiger partial charge in [-0.3, -0.25) is 9.38 Å². The summed E-state index contributed by atoms with van der Waals surface area (Å²) in [5.74, 6) is 0. The van der Waals surface area contributed by atoms with Gasteiger partial charge in [0.25, 0.3) is 0 Å². The Labute approximate surface area is 183 Å². The van der Waals surface area contributed by atoms with Crippen LogP contribution in [0.3, 0.4) is 0 Å². The Morgan fingerprint density at radius 2 is 1.29 bits per heavy atom. The van der Waals surface area contributed by atoms with E-state index in [9.17, 15) is 0 Å². The van der Waals surface area contributed by atoms with Crippen molar-refractivity contribution in [1.82, 2.24) is 14.4 Å². The summed E-state index contributed by atoms with van der Waals surface area (Å²) in [6.07, 6.45) is 5.74. The molecule has 5 heteroatoms. The van der Waals surface area contributed by atoms with Crippen molar-refractivity contribution in [2.45, 2.75) is 0 Å². The molecule has 0 fully saturated rings. The molecule has 0 aliphatic heterocycles. The number of fused-ring (bicyclic) bond motifs is 12. The minimum absolute atomic E-state index is 0.911. The number of thiophene rings is 2. The van der Waals surface area contributed by atoms with Gasteiger partial charge in [0.15, 0.2) is 5.65 Å². The first-order valence-corrected chi connectivity index (χ1v) is 11.8. The van der Waals surface area contributed by atoms with Gasteiger partial charge >= 0.3 is 0 Å². The Hall–Kier alpha value is -3.54. The van der Waals surface area contributed by atoms with Gasteiger partial charge < -0.3 is 0 Å². The monoisotopic (exact) mass is 431 g/mol. The topological polar surface area (TPSA) is 30.2 Å². The third kappa shape index (κ3) is 2.02. The van der Waals surface area contributed by atoms with Crippen LogP contribution in [0.5, 0.6) is 0 Å². The van der Waals surface area contributed by atoms with E-state index in [0.29, 0.717) is 0 Å². The number of hydrogen-bond donors (Lipinski definition) is 0. The van der Waals surface area contributed by atoms with Gasteiger partial charge in [0.1, 0.15) is 5.52 Å². The first kappa shape index (κ1) is 16.2. The fraction of sp³-hybridized carbons (Fsp3) is 0. The van der Waals surface area contributed by atoms with E-state index in [-0.39, 0.29) is 0 Å². The van der Waals surface area contributed by atoms with Gasteiger partial charge in [0.2, 0.25) is 0 Å². The molecule has 0 aliphatic rings. The molecular weight excluding hydrogens is 418 g/mol. The summed E-state index contributed by atoms with van der Waals surface area (Å²) in [5, 5.41) is 7.73. The Balaban J connectivity index is 1.58. The maximum absolute atomic E-state index is 4.64. The van der Waals surface area contributed by atoms with E-state index in [1.165, 1.54) is 51.2 Å². The van der Waals surface area contributed by atoms with E-state index < -0.39 is 0 Å². The third-order valence-corrected chi connectivity index (χ3v) is 8.55. The summed E-state index contributed by atoms with van der Waals surface area (Å²) in [7, 11) is 0. The molecule has 0 aliphatic carbocycles. The fourth-order valence-corrected chi connectivity index (χ4v) is 7.19. The number of nitrogens with zero attached hydrogens (tertiary/aromatic N) is 3. The Morgan fingerprint density at radius 1 is 0.581 bits per heavy atom. The quantitative estimate of drug-likeness (QED) is 0.230. The van der Waals surface area contributed by atoms with Crippen LogP contribution in [0.25, 0.3) is 67.8 Å². The van der Waals surface area contributed by atoms with Crippen molar-refractivity contribution < 1.29 is 0 Å². The molecule has 31 heavy (non-hydrogen) atoms. The molecule has 0 amide bonds. The number of pyridine rings is 2. The first-order valence-electron chi connectivity index (χ1n) is 10.2. The zero-order chi connectivity index (χ0) is 20.1. The van der Waals surface area contributed by atoms with Gasteiger partial charge in [-0.2, -0.15) is 0 Å². The summed E-state index contributed by atoms with van der Waals surface area (Å²) >= 11 is 3.76. The van der Waals surface area contributed by atoms with Crippen LogP contribution >= 0.6 is 22.7 Å². The molecule has 3 aromatic carbocycles. The molecule has 0 unspecified atom stereocenters. The minimum atomic E-state index is 0.911. The van der Waals surface area contributed by atoms with Crippen LogP contribution in [0.15, 0.2) is 79.3 Å². The molecule has 0 N–H and O–H groups in total. The summed E-state index contributed by atoms with van der Waals surface area (Å²) in [5.41, 5.74) is 3.04. The second kappa shape index (κ2) is 5.58. The highest BCUT2D eigenvalue weighted by atomic mass is 32.1. The molecule has 5 aromatic heterocycles. The number of benzene rings is 3. The van der Waals surface area contributed by atoms with Gasteiger partial charge in [-0.05, 0) is 36.4 Å². The highest BCUT2D eigenvalue weighted by Gasteiger charge is 2.15. The summed E-state index contributed by atoms with van der Waals surface area (Å²) < 4.78 is 7.53. The van der Waals surface area contributed by atoms with Crippen molar-refractivity contribution in [3.8, 4) is 0 Å². The molecule has 0 atom stereocenters. The summed E-state index contributed by atoms with van der Waals surface area (Å²) in [6.45, 7) is 0. The van der Waals surface area contributed by atoms with Crippen molar-refractivity contribution in [1.29, 1.82) is 0 Å². The van der Waals surface area contributed by atoms with Gasteiger partial charge in [-0.1, -0.05) is 24.3 Å². The molecule has 0 saturated heterocycles. The van der Waals surface area contributed by atoms with Crippen molar-refractivity contribution in [2.24, 2.45) is 0 Å². The maximum atomic E-state index is 4.64. The number of imidazole rings is 1. The number of rotatable bonds is 0. The molecule has 0 bridgehead atoms. The van der Waals surface area contributed by atoms with Crippen LogP contribution in [0.1, 0.15) is 0 Å². The number of aromatic nitrogens is 3. The van der Waals surface area contributed by atoms with E-state index in [4.69, 9.17) is 0 Å². The lowest BCUT2D eigenvalue weighted by molar-refractivity contribution is 1.26. The lowest BCUT2D eigenvalue weighted by Crippen LogP contribution is -1.91. The first-order chi connectivity index (χ1) is 15.3. The van der Waals surface area contributed by atoms with E-state index in [1.807, 2.05) is 47.3 Å². The van der Waals surface area contributed by atoms with Crippen LogP contribution in [0.2, 0.25) is 0 Å². The molecule has 0 spiro atoms. The van der Waals surface area contributed by atoms with Crippen molar-refractivity contribution in [3.05, 3.63) is 79.3 Å². The molecular formula is C26H13N3S2. The van der Waals surface area contributed by atoms with Crippen LogP contribution in [0.4, 0.5) is 0 Å². The summed E-state index contributed by atoms with van der Waals surface area (Å²) in [4.78, 5) is 9.23. The Bertz CT molecular complexity index is 2010. The zero-order valence-electron chi connectivity index (χ0n) is 16.2. The van der Waals surface area contributed by atoms with Crippen LogP contribution in [0, 0.1) is 0 Å². The standard InChI is InChI=1S/C26H13N3S2/c1-2-6-21-14(4-1)18-12-24-19(13-23(18)30-21)17-10-20-16(11-22(17)31-24)15-5-3-7-27-25(15)26-28-8-9-29(20)26/h1-13H. The maximum Gasteiger partial charge on any atom is 0.163 e. The largest absolute Gasteiger partial charge is 0.298 e. The van der Waals surface area contributed by atoms with Gasteiger partial charge in [0, 0.05) is 69.7 Å². The smallest absolute Gasteiger partial charge is 0.163 e. The van der Waals surface area contributed by atoms with Gasteiger partial charge in [-0.15, -0.1) is 22.7 Å². The molecule has 8 aromatic rings. The van der Waals surface area contributed by atoms with Crippen molar-refractivity contribution >= 4 is 90.5 Å². The van der Waals surface area contributed by atoms with E-state index >= 15 is 0 Å². The Kier molecular flexibility index (Phi) is 2.91. The predicted octanol–water partition coefficient (Wildman–Crippen LogP) is 7.77. The van der Waals surface area contributed by atoms with Crippen molar-refractivity contribution in [3.63, 3.8) is 0 Å². The van der Waals surface area contributed by atoms with Crippen molar-refractivity contribution in [2.75, 3.05) is 0 Å². The minimum Gasteiger partial charge on any atom is -0.298 e. The van der Waals surface area contributed by atoms with E-state index in [0.717, 1.165) is 16.6 Å². The molecule has 0 radical (unpaired) electrons. The molecule has 5 heterocycles. The average molecular weight is 432 g/mol. The fourth-order valence-electron chi connectivity index (χ4n) is 4.92. The predicted molar refractivity (Wildman–Crippen MR) is 134 cm³/mol. The Morgan fingerprint density at radius 3 is 2.19 bits per heavy atom. The average Bonchev–Trinajstić information content (AvgIpc) is 3.51.